The number of furan rings is 1. The van der Waals surface area contributed by atoms with Gasteiger partial charge in [-0.25, -0.2) is 4.39 Å². The number of hydrogen-bond donors (Lipinski definition) is 2. The second kappa shape index (κ2) is 14.1. The molecule has 0 aliphatic carbocycles. The molecule has 2 aromatic heterocycles. The summed E-state index contributed by atoms with van der Waals surface area (Å²) in [5.41, 5.74) is 1.81. The number of amides is 2. The van der Waals surface area contributed by atoms with Gasteiger partial charge in [-0.3, -0.25) is 19.3 Å². The van der Waals surface area contributed by atoms with E-state index in [2.05, 4.69) is 15.5 Å². The van der Waals surface area contributed by atoms with E-state index in [4.69, 9.17) is 18.6 Å². The second-order valence-corrected chi connectivity index (χ2v) is 14.1. The number of halogens is 1. The largest absolute Gasteiger partial charge is 0.456 e. The van der Waals surface area contributed by atoms with E-state index in [0.717, 1.165) is 56.6 Å². The van der Waals surface area contributed by atoms with Gasteiger partial charge in [0.05, 0.1) is 44.0 Å². The minimum atomic E-state index is -0.640. The summed E-state index contributed by atoms with van der Waals surface area (Å²) >= 11 is 0. The number of fused-ring (bicyclic) bond motifs is 5. The van der Waals surface area contributed by atoms with Crippen LogP contribution in [-0.4, -0.2) is 118 Å². The fraction of sp³-hybridized carbons (Fsp3) is 0.410. The van der Waals surface area contributed by atoms with Crippen LogP contribution >= 0.6 is 0 Å². The number of rotatable bonds is 9. The first-order chi connectivity index (χ1) is 25.9. The molecule has 1 atom stereocenters. The van der Waals surface area contributed by atoms with Crippen molar-refractivity contribution in [3.05, 3.63) is 70.3 Å². The molecule has 2 N–H and O–H groups in total. The fourth-order valence-electron chi connectivity index (χ4n) is 8.02. The van der Waals surface area contributed by atoms with Crippen LogP contribution in [0.5, 0.6) is 11.5 Å². The molecule has 2 amide bonds. The molecule has 13 nitrogen and oxygen atoms in total. The van der Waals surface area contributed by atoms with Crippen molar-refractivity contribution >= 4 is 50.3 Å². The van der Waals surface area contributed by atoms with Crippen LogP contribution in [0.3, 0.4) is 0 Å². The van der Waals surface area contributed by atoms with E-state index in [0.29, 0.717) is 73.9 Å². The molecule has 3 fully saturated rings. The summed E-state index contributed by atoms with van der Waals surface area (Å²) in [5.74, 6) is -0.564. The highest BCUT2D eigenvalue weighted by Crippen LogP contribution is 2.49. The van der Waals surface area contributed by atoms with Crippen molar-refractivity contribution in [1.29, 1.82) is 0 Å². The Morgan fingerprint density at radius 2 is 1.70 bits per heavy atom. The van der Waals surface area contributed by atoms with Crippen LogP contribution in [0.1, 0.15) is 23.2 Å². The second-order valence-electron chi connectivity index (χ2n) is 14.1. The molecule has 0 bridgehead atoms. The Labute approximate surface area is 304 Å². The molecule has 6 heterocycles. The van der Waals surface area contributed by atoms with Crippen molar-refractivity contribution < 1.29 is 32.6 Å². The summed E-state index contributed by atoms with van der Waals surface area (Å²) in [6.45, 7) is 7.58. The van der Waals surface area contributed by atoms with E-state index in [1.807, 2.05) is 41.3 Å². The number of aromatic nitrogens is 1. The molecule has 3 saturated heterocycles. The van der Waals surface area contributed by atoms with Gasteiger partial charge in [0.2, 0.25) is 11.3 Å². The Morgan fingerprint density at radius 1 is 0.906 bits per heavy atom. The van der Waals surface area contributed by atoms with Crippen molar-refractivity contribution in [2.45, 2.75) is 18.9 Å². The summed E-state index contributed by atoms with van der Waals surface area (Å²) in [5, 5.41) is 8.10. The molecular weight excluding hydrogens is 683 g/mol. The maximum absolute atomic E-state index is 16.5. The summed E-state index contributed by atoms with van der Waals surface area (Å²) in [6.07, 6.45) is 3.09. The minimum absolute atomic E-state index is 0.0412. The molecule has 3 aromatic carbocycles. The predicted molar refractivity (Wildman–Crippen MR) is 197 cm³/mol. The lowest BCUT2D eigenvalue weighted by atomic mass is 10.0. The van der Waals surface area contributed by atoms with Crippen LogP contribution in [0.15, 0.2) is 57.9 Å². The van der Waals surface area contributed by atoms with Gasteiger partial charge in [0.25, 0.3) is 5.91 Å². The van der Waals surface area contributed by atoms with Gasteiger partial charge in [-0.15, -0.1) is 0 Å². The number of nitrogens with one attached hydrogen (secondary N) is 2. The molecular formula is C39H41FN6O7. The minimum Gasteiger partial charge on any atom is -0.456 e. The summed E-state index contributed by atoms with van der Waals surface area (Å²) in [6, 6.07) is 12.4. The van der Waals surface area contributed by atoms with E-state index in [-0.39, 0.29) is 40.9 Å². The normalized spacial score (nSPS) is 18.8. The highest BCUT2D eigenvalue weighted by atomic mass is 19.1. The number of anilines is 1. The zero-order chi connectivity index (χ0) is 36.1. The van der Waals surface area contributed by atoms with Crippen LogP contribution in [0.25, 0.3) is 38.5 Å². The topological polar surface area (TPSA) is 131 Å². The molecule has 0 spiro atoms. The first kappa shape index (κ1) is 33.8. The summed E-state index contributed by atoms with van der Waals surface area (Å²) in [7, 11) is 0. The van der Waals surface area contributed by atoms with Crippen molar-refractivity contribution in [1.82, 2.24) is 25.0 Å². The van der Waals surface area contributed by atoms with Gasteiger partial charge in [-0.2, -0.15) is 0 Å². The van der Waals surface area contributed by atoms with E-state index in [1.54, 1.807) is 15.7 Å². The molecule has 0 radical (unpaired) electrons. The van der Waals surface area contributed by atoms with E-state index >= 15 is 4.39 Å². The molecule has 4 aliphatic heterocycles. The smallest absolute Gasteiger partial charge is 0.259 e. The Hall–Kier alpha value is -5.02. The monoisotopic (exact) mass is 724 g/mol. The third-order valence-electron chi connectivity index (χ3n) is 10.7. The van der Waals surface area contributed by atoms with Crippen LogP contribution in [0.4, 0.5) is 10.1 Å². The van der Waals surface area contributed by atoms with Gasteiger partial charge < -0.3 is 43.6 Å². The highest BCUT2D eigenvalue weighted by molar-refractivity contribution is 6.07. The molecule has 9 rings (SSSR count). The Balaban J connectivity index is 1.02. The van der Waals surface area contributed by atoms with Gasteiger partial charge in [0, 0.05) is 68.3 Å². The number of ether oxygens (including phenoxy) is 3. The lowest BCUT2D eigenvalue weighted by Gasteiger charge is -2.30. The number of nitrogens with zero attached hydrogens (tertiary/aromatic N) is 4. The van der Waals surface area contributed by atoms with Gasteiger partial charge >= 0.3 is 0 Å². The zero-order valence-electron chi connectivity index (χ0n) is 29.3. The van der Waals surface area contributed by atoms with Gasteiger partial charge in [0.1, 0.15) is 27.9 Å². The number of hydrogen-bond acceptors (Lipinski definition) is 10. The standard InChI is InChI=1S/C39H41FN6O7/c40-29-18-27-35-38(36(29)45-9-6-24(22-45)42-34(47)21-41-7-3-8-43-10-14-50-15-11-43)53-33-19-26-25-4-1-2-5-31(25)52-32(26)20-30(33)46(35)23-28(37(27)48)39(49)44-12-16-51-17-13-44/h1-2,4-5,18-20,23-24,41H,3,6-17,21-22H2,(H,42,47)/t24-/m1/s1. The maximum atomic E-state index is 16.5. The third-order valence-corrected chi connectivity index (χ3v) is 10.7. The molecule has 276 valence electrons. The Morgan fingerprint density at radius 3 is 2.53 bits per heavy atom. The molecule has 4 aliphatic rings. The lowest BCUT2D eigenvalue weighted by molar-refractivity contribution is -0.120. The SMILES string of the molecule is O=C(CNCCCN1CCOCC1)N[C@@H]1CCN(c2c(F)cc3c(=O)c(C(=O)N4CCOCC4)cn4c3c2Oc2cc3c(cc2-4)oc2ccccc23)C1. The quantitative estimate of drug-likeness (QED) is 0.214. The zero-order valence-corrected chi connectivity index (χ0v) is 29.3. The van der Waals surface area contributed by atoms with E-state index in [9.17, 15) is 14.4 Å². The Kier molecular flexibility index (Phi) is 8.98. The average Bonchev–Trinajstić information content (AvgIpc) is 3.79. The van der Waals surface area contributed by atoms with Crippen LogP contribution in [0, 0.1) is 5.82 Å². The molecule has 53 heavy (non-hydrogen) atoms. The number of para-hydroxylation sites is 1. The van der Waals surface area contributed by atoms with Gasteiger partial charge in [-0.05, 0) is 44.1 Å². The van der Waals surface area contributed by atoms with Crippen LogP contribution in [-0.2, 0) is 14.3 Å². The lowest BCUT2D eigenvalue weighted by Crippen LogP contribution is -2.42. The van der Waals surface area contributed by atoms with Gasteiger partial charge in [-0.1, -0.05) is 18.2 Å². The van der Waals surface area contributed by atoms with Crippen molar-refractivity contribution in [3.63, 3.8) is 0 Å². The van der Waals surface area contributed by atoms with Crippen molar-refractivity contribution in [3.8, 4) is 17.2 Å². The van der Waals surface area contributed by atoms with Gasteiger partial charge in [0.15, 0.2) is 17.3 Å². The van der Waals surface area contributed by atoms with Crippen molar-refractivity contribution in [2.75, 3.05) is 90.2 Å². The van der Waals surface area contributed by atoms with E-state index in [1.165, 1.54) is 6.07 Å². The average molecular weight is 725 g/mol. The number of pyridine rings is 1. The predicted octanol–water partition coefficient (Wildman–Crippen LogP) is 3.61. The summed E-state index contributed by atoms with van der Waals surface area (Å²) in [4.78, 5) is 46.5. The number of morpholine rings is 2. The maximum Gasteiger partial charge on any atom is 0.259 e. The van der Waals surface area contributed by atoms with E-state index < -0.39 is 17.2 Å². The molecule has 14 heteroatoms. The molecule has 5 aromatic rings. The number of carbonyl (C=O) groups excluding carboxylic acids is 2. The van der Waals surface area contributed by atoms with Crippen LogP contribution < -0.4 is 25.7 Å². The Bertz CT molecular complexity index is 2290. The number of carbonyl (C=O) groups is 2. The first-order valence-electron chi connectivity index (χ1n) is 18.4. The summed E-state index contributed by atoms with van der Waals surface area (Å²) < 4.78 is 41.9. The number of benzene rings is 3. The molecule has 0 saturated carbocycles. The first-order valence-corrected chi connectivity index (χ1v) is 18.4. The van der Waals surface area contributed by atoms with Crippen molar-refractivity contribution in [2.24, 2.45) is 0 Å². The molecule has 0 unspecified atom stereocenters. The fourth-order valence-corrected chi connectivity index (χ4v) is 8.02. The van der Waals surface area contributed by atoms with Crippen LogP contribution in [0.2, 0.25) is 0 Å². The third kappa shape index (κ3) is 6.28. The highest BCUT2D eigenvalue weighted by Gasteiger charge is 2.35.